The van der Waals surface area contributed by atoms with Gasteiger partial charge in [-0.15, -0.1) is 0 Å². The number of carbonyl (C=O) groups is 1. The van der Waals surface area contributed by atoms with Crippen LogP contribution < -0.4 is 5.32 Å². The van der Waals surface area contributed by atoms with Gasteiger partial charge in [0.2, 0.25) is 5.91 Å². The first kappa shape index (κ1) is 15.0. The third kappa shape index (κ3) is 2.81. The van der Waals surface area contributed by atoms with Crippen molar-refractivity contribution in [2.75, 3.05) is 5.32 Å². The predicted molar refractivity (Wildman–Crippen MR) is 96.3 cm³/mol. The Balaban J connectivity index is 1.53. The third-order valence-corrected chi connectivity index (χ3v) is 4.56. The Bertz CT molecular complexity index is 958. The van der Waals surface area contributed by atoms with Gasteiger partial charge in [-0.1, -0.05) is 23.7 Å². The highest BCUT2D eigenvalue weighted by Crippen LogP contribution is 2.25. The maximum absolute atomic E-state index is 12.2. The Morgan fingerprint density at radius 3 is 3.00 bits per heavy atom. The highest BCUT2D eigenvalue weighted by atomic mass is 35.5. The minimum atomic E-state index is -0.185. The number of carbonyl (C=O) groups excluding carboxylic acids is 1. The van der Waals surface area contributed by atoms with E-state index in [0.717, 1.165) is 24.2 Å². The van der Waals surface area contributed by atoms with Crippen LogP contribution in [-0.4, -0.2) is 15.3 Å². The van der Waals surface area contributed by atoms with Crippen molar-refractivity contribution < 1.29 is 4.79 Å². The van der Waals surface area contributed by atoms with Gasteiger partial charge in [0.15, 0.2) is 5.15 Å². The Morgan fingerprint density at radius 1 is 1.21 bits per heavy atom. The van der Waals surface area contributed by atoms with Gasteiger partial charge < -0.3 is 5.32 Å². The van der Waals surface area contributed by atoms with Crippen molar-refractivity contribution >= 4 is 34.9 Å². The van der Waals surface area contributed by atoms with Crippen molar-refractivity contribution in [1.29, 1.82) is 0 Å². The first-order valence-corrected chi connectivity index (χ1v) is 8.32. The monoisotopic (exact) mass is 337 g/mol. The second-order valence-corrected chi connectivity index (χ2v) is 6.23. The molecule has 1 aromatic carbocycles. The van der Waals surface area contributed by atoms with Crippen molar-refractivity contribution in [2.45, 2.75) is 19.3 Å². The van der Waals surface area contributed by atoms with E-state index < -0.39 is 0 Å². The van der Waals surface area contributed by atoms with Crippen molar-refractivity contribution in [3.8, 4) is 0 Å². The number of aryl methyl sites for hydroxylation is 2. The number of imidazole rings is 1. The molecule has 4 nitrogen and oxygen atoms in total. The van der Waals surface area contributed by atoms with Gasteiger partial charge in [-0.25, -0.2) is 4.98 Å². The largest absolute Gasteiger partial charge is 0.323 e. The minimum absolute atomic E-state index is 0.185. The number of hydrogen-bond donors (Lipinski definition) is 1. The fourth-order valence-corrected chi connectivity index (χ4v) is 3.36. The summed E-state index contributed by atoms with van der Waals surface area (Å²) in [6, 6.07) is 11.8. The molecule has 120 valence electrons. The van der Waals surface area contributed by atoms with Crippen LogP contribution in [0.2, 0.25) is 5.15 Å². The van der Waals surface area contributed by atoms with E-state index in [0.29, 0.717) is 10.8 Å². The number of rotatable bonds is 3. The molecule has 4 rings (SSSR count). The summed E-state index contributed by atoms with van der Waals surface area (Å²) in [6.45, 7) is 0. The Labute approximate surface area is 144 Å². The molecule has 0 aliphatic heterocycles. The van der Waals surface area contributed by atoms with Crippen molar-refractivity contribution in [2.24, 2.45) is 0 Å². The van der Waals surface area contributed by atoms with Crippen molar-refractivity contribution in [1.82, 2.24) is 9.38 Å². The number of amides is 1. The summed E-state index contributed by atoms with van der Waals surface area (Å²) in [6.07, 6.45) is 8.45. The number of benzene rings is 1. The number of pyridine rings is 1. The molecule has 0 bridgehead atoms. The Kier molecular flexibility index (Phi) is 3.82. The molecule has 0 spiro atoms. The smallest absolute Gasteiger partial charge is 0.248 e. The van der Waals surface area contributed by atoms with E-state index >= 15 is 0 Å². The van der Waals surface area contributed by atoms with Crippen LogP contribution in [0.15, 0.2) is 48.7 Å². The standard InChI is InChI=1S/C19H16ClN3O/c20-19-16(23-11-2-1-6-17(23)22-19)9-10-18(24)21-15-8-7-13-4-3-5-14(13)12-15/h1-2,6-12H,3-5H2,(H,21,24)/b10-9+. The van der Waals surface area contributed by atoms with Crippen molar-refractivity contribution in [3.63, 3.8) is 0 Å². The Morgan fingerprint density at radius 2 is 2.08 bits per heavy atom. The molecule has 1 amide bonds. The number of nitrogens with zero attached hydrogens (tertiary/aromatic N) is 2. The summed E-state index contributed by atoms with van der Waals surface area (Å²) in [5, 5.41) is 3.28. The molecule has 0 saturated heterocycles. The van der Waals surface area contributed by atoms with E-state index in [1.807, 2.05) is 34.9 Å². The summed E-state index contributed by atoms with van der Waals surface area (Å²) in [7, 11) is 0. The average Bonchev–Trinajstić information content (AvgIpc) is 3.16. The van der Waals surface area contributed by atoms with Crippen LogP contribution in [0.25, 0.3) is 11.7 Å². The van der Waals surface area contributed by atoms with E-state index in [1.165, 1.54) is 23.6 Å². The molecule has 5 heteroatoms. The van der Waals surface area contributed by atoms with Crippen LogP contribution in [0.1, 0.15) is 23.2 Å². The normalized spacial score (nSPS) is 13.5. The lowest BCUT2D eigenvalue weighted by molar-refractivity contribution is -0.111. The summed E-state index contributed by atoms with van der Waals surface area (Å²) in [5.74, 6) is -0.185. The number of aromatic nitrogens is 2. The second-order valence-electron chi connectivity index (χ2n) is 5.88. The average molecular weight is 338 g/mol. The molecule has 0 radical (unpaired) electrons. The van der Waals surface area contributed by atoms with Crippen LogP contribution in [0, 0.1) is 0 Å². The number of halogens is 1. The molecule has 0 atom stereocenters. The molecular weight excluding hydrogens is 322 g/mol. The topological polar surface area (TPSA) is 46.4 Å². The summed E-state index contributed by atoms with van der Waals surface area (Å²) >= 11 is 6.16. The summed E-state index contributed by atoms with van der Waals surface area (Å²) < 4.78 is 1.85. The van der Waals surface area contributed by atoms with E-state index in [-0.39, 0.29) is 5.91 Å². The lowest BCUT2D eigenvalue weighted by atomic mass is 10.1. The first-order chi connectivity index (χ1) is 11.7. The molecule has 1 N–H and O–H groups in total. The van der Waals surface area contributed by atoms with Crippen LogP contribution in [0.4, 0.5) is 5.69 Å². The fourth-order valence-electron chi connectivity index (χ4n) is 3.12. The highest BCUT2D eigenvalue weighted by Gasteiger charge is 2.11. The Hall–Kier alpha value is -2.59. The quantitative estimate of drug-likeness (QED) is 0.730. The fraction of sp³-hybridized carbons (Fsp3) is 0.158. The zero-order chi connectivity index (χ0) is 16.5. The van der Waals surface area contributed by atoms with Gasteiger partial charge in [0.25, 0.3) is 0 Å². The maximum Gasteiger partial charge on any atom is 0.248 e. The van der Waals surface area contributed by atoms with Crippen LogP contribution in [-0.2, 0) is 17.6 Å². The van der Waals surface area contributed by atoms with E-state index in [4.69, 9.17) is 11.6 Å². The third-order valence-electron chi connectivity index (χ3n) is 4.28. The lowest BCUT2D eigenvalue weighted by Crippen LogP contribution is -2.08. The molecule has 0 unspecified atom stereocenters. The molecule has 0 saturated carbocycles. The first-order valence-electron chi connectivity index (χ1n) is 7.94. The molecule has 3 aromatic rings. The summed E-state index contributed by atoms with van der Waals surface area (Å²) in [4.78, 5) is 16.4. The zero-order valence-electron chi connectivity index (χ0n) is 13.0. The molecular formula is C19H16ClN3O. The van der Waals surface area contributed by atoms with E-state index in [2.05, 4.69) is 22.4 Å². The summed E-state index contributed by atoms with van der Waals surface area (Å²) in [5.41, 5.74) is 5.00. The number of nitrogens with one attached hydrogen (secondary N) is 1. The number of anilines is 1. The van der Waals surface area contributed by atoms with Gasteiger partial charge in [0.1, 0.15) is 5.65 Å². The lowest BCUT2D eigenvalue weighted by Gasteiger charge is -2.05. The molecule has 2 aromatic heterocycles. The van der Waals surface area contributed by atoms with Gasteiger partial charge in [-0.2, -0.15) is 0 Å². The van der Waals surface area contributed by atoms with Gasteiger partial charge in [-0.3, -0.25) is 9.20 Å². The van der Waals surface area contributed by atoms with Gasteiger partial charge in [-0.05, 0) is 60.7 Å². The van der Waals surface area contributed by atoms with Gasteiger partial charge >= 0.3 is 0 Å². The van der Waals surface area contributed by atoms with Crippen molar-refractivity contribution in [3.05, 3.63) is 70.6 Å². The van der Waals surface area contributed by atoms with Crippen LogP contribution in [0.5, 0.6) is 0 Å². The van der Waals surface area contributed by atoms with Gasteiger partial charge in [0.05, 0.1) is 5.69 Å². The molecule has 2 heterocycles. The molecule has 24 heavy (non-hydrogen) atoms. The number of hydrogen-bond acceptors (Lipinski definition) is 2. The minimum Gasteiger partial charge on any atom is -0.323 e. The zero-order valence-corrected chi connectivity index (χ0v) is 13.8. The molecule has 0 fully saturated rings. The second kappa shape index (κ2) is 6.13. The SMILES string of the molecule is O=C(/C=C/c1c(Cl)nc2ccccn12)Nc1ccc2c(c1)CCC2. The van der Waals surface area contributed by atoms with Crippen LogP contribution in [0.3, 0.4) is 0 Å². The van der Waals surface area contributed by atoms with Crippen LogP contribution >= 0.6 is 11.6 Å². The molecule has 1 aliphatic carbocycles. The van der Waals surface area contributed by atoms with Gasteiger partial charge in [0, 0.05) is 18.0 Å². The van der Waals surface area contributed by atoms with E-state index in [1.54, 1.807) is 6.08 Å². The molecule has 1 aliphatic rings. The number of fused-ring (bicyclic) bond motifs is 2. The van der Waals surface area contributed by atoms with E-state index in [9.17, 15) is 4.79 Å². The highest BCUT2D eigenvalue weighted by molar-refractivity contribution is 6.31. The maximum atomic E-state index is 12.2. The predicted octanol–water partition coefficient (Wildman–Crippen LogP) is 4.13.